The normalized spacial score (nSPS) is 11.5. The van der Waals surface area contributed by atoms with Crippen LogP contribution in [0.3, 0.4) is 0 Å². The van der Waals surface area contributed by atoms with Gasteiger partial charge in [-0.15, -0.1) is 0 Å². The smallest absolute Gasteiger partial charge is 0.330 e. The molecule has 13 heteroatoms. The fourth-order valence-electron chi connectivity index (χ4n) is 6.55. The lowest BCUT2D eigenvalue weighted by molar-refractivity contribution is -0.154. The highest BCUT2D eigenvalue weighted by Gasteiger charge is 2.18. The van der Waals surface area contributed by atoms with Crippen molar-refractivity contribution in [3.63, 3.8) is 0 Å². The molecular weight excluding hydrogens is 843 g/mol. The first kappa shape index (κ1) is 49.2. The Hall–Kier alpha value is -7.80. The van der Waals surface area contributed by atoms with Crippen LogP contribution in [-0.2, 0) is 57.2 Å². The number of carbonyl (C=O) groups is 6. The summed E-state index contributed by atoms with van der Waals surface area (Å²) in [4.78, 5) is 73.1. The van der Waals surface area contributed by atoms with Crippen molar-refractivity contribution in [2.75, 3.05) is 31.3 Å². The maximum absolute atomic E-state index is 12.4. The maximum atomic E-state index is 12.4. The lowest BCUT2D eigenvalue weighted by atomic mass is 10.0. The molecule has 5 aromatic carbocycles. The molecule has 5 rings (SSSR count). The minimum absolute atomic E-state index is 0.0980. The van der Waals surface area contributed by atoms with Gasteiger partial charge in [0, 0.05) is 29.2 Å². The molecular formula is C53H53NO12. The Morgan fingerprint density at radius 3 is 1.06 bits per heavy atom. The van der Waals surface area contributed by atoms with Gasteiger partial charge in [-0.05, 0) is 90.6 Å². The number of hydrogen-bond donors (Lipinski definition) is 0. The molecule has 2 unspecified atom stereocenters. The van der Waals surface area contributed by atoms with Gasteiger partial charge in [-0.2, -0.15) is 0 Å². The molecule has 0 fully saturated rings. The van der Waals surface area contributed by atoms with Crippen molar-refractivity contribution in [1.82, 2.24) is 0 Å². The standard InChI is InChI=1S/C53H53NO12/c1-6-48(55)61-32-34-63-50(57)28-30-52(59)65-37(4)39-10-14-41(15-11-39)43-18-24-46(25-19-43)54(45-22-8-36(3)9-23-45)47-26-20-44(21-27-47)42-16-12-40(13-17-42)38(5)66-53(60)31-29-51(58)64-35-33-62-49(56)7-2/h6-27,37-38H,1-2,28-35H2,3-5H3. The van der Waals surface area contributed by atoms with E-state index < -0.39 is 48.0 Å². The van der Waals surface area contributed by atoms with Gasteiger partial charge in [-0.3, -0.25) is 19.2 Å². The maximum Gasteiger partial charge on any atom is 0.330 e. The van der Waals surface area contributed by atoms with Crippen LogP contribution in [0, 0.1) is 6.92 Å². The van der Waals surface area contributed by atoms with Crippen molar-refractivity contribution in [3.05, 3.63) is 163 Å². The monoisotopic (exact) mass is 895 g/mol. The number of esters is 6. The van der Waals surface area contributed by atoms with E-state index in [0.29, 0.717) is 0 Å². The number of hydrogen-bond acceptors (Lipinski definition) is 13. The van der Waals surface area contributed by atoms with E-state index in [1.165, 1.54) is 0 Å². The number of ether oxygens (including phenoxy) is 6. The van der Waals surface area contributed by atoms with Crippen molar-refractivity contribution in [2.45, 2.75) is 58.7 Å². The molecule has 0 spiro atoms. The lowest BCUT2D eigenvalue weighted by Gasteiger charge is -2.26. The van der Waals surface area contributed by atoms with Crippen LogP contribution < -0.4 is 4.90 Å². The van der Waals surface area contributed by atoms with Crippen molar-refractivity contribution in [2.24, 2.45) is 0 Å². The molecule has 0 aliphatic carbocycles. The summed E-state index contributed by atoms with van der Waals surface area (Å²) in [6.07, 6.45) is 0.348. The molecule has 2 atom stereocenters. The van der Waals surface area contributed by atoms with Gasteiger partial charge in [0.2, 0.25) is 0 Å². The molecule has 0 saturated carbocycles. The Balaban J connectivity index is 1.16. The molecule has 0 radical (unpaired) electrons. The molecule has 0 bridgehead atoms. The van der Waals surface area contributed by atoms with E-state index in [2.05, 4.69) is 97.8 Å². The summed E-state index contributed by atoms with van der Waals surface area (Å²) in [5.41, 5.74) is 9.63. The van der Waals surface area contributed by atoms with Gasteiger partial charge >= 0.3 is 35.8 Å². The number of rotatable bonds is 23. The van der Waals surface area contributed by atoms with Crippen LogP contribution >= 0.6 is 0 Å². The Labute approximate surface area is 384 Å². The average Bonchev–Trinajstić information content (AvgIpc) is 3.34. The Kier molecular flexibility index (Phi) is 18.6. The molecule has 13 nitrogen and oxygen atoms in total. The summed E-state index contributed by atoms with van der Waals surface area (Å²) in [6, 6.07) is 40.4. The average molecular weight is 896 g/mol. The molecule has 0 aliphatic heterocycles. The SMILES string of the molecule is C=CC(=O)OCCOC(=O)CCC(=O)OC(C)c1ccc(-c2ccc(N(c3ccc(C)cc3)c3ccc(-c4ccc(C(C)OC(=O)CCC(=O)OCCOC(=O)C=C)cc4)cc3)cc2)cc1. The molecule has 0 aliphatic rings. The molecule has 66 heavy (non-hydrogen) atoms. The van der Waals surface area contributed by atoms with Crippen LogP contribution in [0.4, 0.5) is 17.1 Å². The van der Waals surface area contributed by atoms with Crippen LogP contribution in [0.2, 0.25) is 0 Å². The van der Waals surface area contributed by atoms with E-state index in [1.807, 2.05) is 48.5 Å². The van der Waals surface area contributed by atoms with Crippen LogP contribution in [0.15, 0.2) is 147 Å². The molecule has 0 aromatic heterocycles. The van der Waals surface area contributed by atoms with Gasteiger partial charge in [0.25, 0.3) is 0 Å². The lowest BCUT2D eigenvalue weighted by Crippen LogP contribution is -2.15. The summed E-state index contributed by atoms with van der Waals surface area (Å²) in [7, 11) is 0. The predicted octanol–water partition coefficient (Wildman–Crippen LogP) is 10.1. The van der Waals surface area contributed by atoms with E-state index in [4.69, 9.17) is 28.4 Å². The number of benzene rings is 5. The van der Waals surface area contributed by atoms with Crippen molar-refractivity contribution >= 4 is 52.9 Å². The largest absolute Gasteiger partial charge is 0.462 e. The predicted molar refractivity (Wildman–Crippen MR) is 248 cm³/mol. The number of anilines is 3. The first-order chi connectivity index (χ1) is 31.8. The highest BCUT2D eigenvalue weighted by molar-refractivity contribution is 5.83. The first-order valence-corrected chi connectivity index (χ1v) is 21.4. The minimum atomic E-state index is -0.613. The second-order valence-electron chi connectivity index (χ2n) is 15.0. The highest BCUT2D eigenvalue weighted by atomic mass is 16.6. The van der Waals surface area contributed by atoms with Crippen LogP contribution in [0.1, 0.15) is 68.4 Å². The minimum Gasteiger partial charge on any atom is -0.462 e. The molecule has 0 saturated heterocycles. The van der Waals surface area contributed by atoms with E-state index in [-0.39, 0.29) is 52.1 Å². The van der Waals surface area contributed by atoms with Crippen LogP contribution in [0.25, 0.3) is 22.3 Å². The second-order valence-corrected chi connectivity index (χ2v) is 15.0. The Bertz CT molecular complexity index is 2290. The quantitative estimate of drug-likeness (QED) is 0.0264. The third-order valence-electron chi connectivity index (χ3n) is 10.2. The molecule has 0 amide bonds. The fraction of sp³-hybridized carbons (Fsp3) is 0.245. The Morgan fingerprint density at radius 1 is 0.439 bits per heavy atom. The number of aryl methyl sites for hydroxylation is 1. The third-order valence-corrected chi connectivity index (χ3v) is 10.2. The van der Waals surface area contributed by atoms with Crippen molar-refractivity contribution in [1.29, 1.82) is 0 Å². The number of carbonyl (C=O) groups excluding carboxylic acids is 6. The van der Waals surface area contributed by atoms with E-state index in [0.717, 1.165) is 68.2 Å². The molecule has 0 N–H and O–H groups in total. The van der Waals surface area contributed by atoms with E-state index in [1.54, 1.807) is 13.8 Å². The zero-order chi connectivity index (χ0) is 47.4. The van der Waals surface area contributed by atoms with E-state index in [9.17, 15) is 28.8 Å². The van der Waals surface area contributed by atoms with Gasteiger partial charge in [-0.25, -0.2) is 9.59 Å². The third kappa shape index (κ3) is 15.2. The Morgan fingerprint density at radius 2 is 0.727 bits per heavy atom. The zero-order valence-corrected chi connectivity index (χ0v) is 37.3. The van der Waals surface area contributed by atoms with Gasteiger partial charge < -0.3 is 33.3 Å². The van der Waals surface area contributed by atoms with Crippen molar-refractivity contribution < 1.29 is 57.2 Å². The molecule has 0 heterocycles. The number of nitrogens with zero attached hydrogens (tertiary/aromatic N) is 1. The van der Waals surface area contributed by atoms with Gasteiger partial charge in [-0.1, -0.05) is 104 Å². The molecule has 5 aromatic rings. The summed E-state index contributed by atoms with van der Waals surface area (Å²) in [5, 5.41) is 0. The first-order valence-electron chi connectivity index (χ1n) is 21.4. The second kappa shape index (κ2) is 24.9. The van der Waals surface area contributed by atoms with Crippen molar-refractivity contribution in [3.8, 4) is 22.3 Å². The van der Waals surface area contributed by atoms with Gasteiger partial charge in [0.15, 0.2) is 0 Å². The van der Waals surface area contributed by atoms with Gasteiger partial charge in [0.1, 0.15) is 38.6 Å². The summed E-state index contributed by atoms with van der Waals surface area (Å²) < 4.78 is 30.6. The van der Waals surface area contributed by atoms with Crippen LogP contribution in [-0.4, -0.2) is 62.2 Å². The van der Waals surface area contributed by atoms with E-state index >= 15 is 0 Å². The highest BCUT2D eigenvalue weighted by Crippen LogP contribution is 2.37. The summed E-state index contributed by atoms with van der Waals surface area (Å²) in [6.45, 7) is 11.7. The topological polar surface area (TPSA) is 161 Å². The summed E-state index contributed by atoms with van der Waals surface area (Å²) >= 11 is 0. The van der Waals surface area contributed by atoms with Gasteiger partial charge in [0.05, 0.1) is 25.7 Å². The molecule has 342 valence electrons. The fourth-order valence-corrected chi connectivity index (χ4v) is 6.55. The summed E-state index contributed by atoms with van der Waals surface area (Å²) in [5.74, 6) is -3.49. The van der Waals surface area contributed by atoms with Crippen LogP contribution in [0.5, 0.6) is 0 Å². The zero-order valence-electron chi connectivity index (χ0n) is 37.3.